The average Bonchev–Trinajstić information content (AvgIpc) is 2.89. The quantitative estimate of drug-likeness (QED) is 0.765. The smallest absolute Gasteiger partial charge is 0.246 e. The molecule has 0 bridgehead atoms. The van der Waals surface area contributed by atoms with Crippen LogP contribution in [0.1, 0.15) is 11.8 Å². The zero-order valence-corrected chi connectivity index (χ0v) is 10.9. The van der Waals surface area contributed by atoms with Crippen LogP contribution in [-0.4, -0.2) is 48.4 Å². The van der Waals surface area contributed by atoms with Gasteiger partial charge in [0.15, 0.2) is 0 Å². The number of piperazine rings is 1. The number of nitrogens with zero attached hydrogens (tertiary/aromatic N) is 2. The van der Waals surface area contributed by atoms with Gasteiger partial charge in [-0.05, 0) is 24.1 Å². The molecule has 0 unspecified atom stereocenters. The summed E-state index contributed by atoms with van der Waals surface area (Å²) >= 11 is 1.65. The summed E-state index contributed by atoms with van der Waals surface area (Å²) < 4.78 is 0. The van der Waals surface area contributed by atoms with Gasteiger partial charge in [0.2, 0.25) is 5.91 Å². The van der Waals surface area contributed by atoms with E-state index in [4.69, 9.17) is 0 Å². The molecule has 3 nitrogen and oxygen atoms in total. The Balaban J connectivity index is 1.85. The maximum Gasteiger partial charge on any atom is 0.246 e. The lowest BCUT2D eigenvalue weighted by molar-refractivity contribution is -0.127. The number of hydrogen-bond acceptors (Lipinski definition) is 3. The van der Waals surface area contributed by atoms with Crippen LogP contribution in [0.15, 0.2) is 23.6 Å². The molecule has 0 saturated carbocycles. The highest BCUT2D eigenvalue weighted by molar-refractivity contribution is 7.10. The number of carbonyl (C=O) groups is 1. The van der Waals surface area contributed by atoms with E-state index in [9.17, 15) is 4.79 Å². The van der Waals surface area contributed by atoms with Crippen LogP contribution in [0.4, 0.5) is 0 Å². The standard InChI is InChI=1S/C13H18N2OS/c1-2-14-7-9-15(10-8-14)13(16)6-5-12-4-3-11-17-12/h3-6,11H,2,7-10H2,1H3/b6-5+. The minimum atomic E-state index is 0.133. The van der Waals surface area contributed by atoms with Gasteiger partial charge in [0.25, 0.3) is 0 Å². The van der Waals surface area contributed by atoms with Crippen molar-refractivity contribution in [1.82, 2.24) is 9.80 Å². The highest BCUT2D eigenvalue weighted by atomic mass is 32.1. The second kappa shape index (κ2) is 5.98. The van der Waals surface area contributed by atoms with E-state index in [1.165, 1.54) is 0 Å². The van der Waals surface area contributed by atoms with Crippen molar-refractivity contribution >= 4 is 23.3 Å². The molecule has 0 aliphatic carbocycles. The summed E-state index contributed by atoms with van der Waals surface area (Å²) in [6.07, 6.45) is 3.59. The first-order valence-electron chi connectivity index (χ1n) is 6.02. The number of rotatable bonds is 3. The summed E-state index contributed by atoms with van der Waals surface area (Å²) in [7, 11) is 0. The van der Waals surface area contributed by atoms with E-state index < -0.39 is 0 Å². The SMILES string of the molecule is CCN1CCN(C(=O)/C=C/c2cccs2)CC1. The topological polar surface area (TPSA) is 23.6 Å². The van der Waals surface area contributed by atoms with E-state index in [1.807, 2.05) is 28.5 Å². The van der Waals surface area contributed by atoms with Crippen molar-refractivity contribution in [3.05, 3.63) is 28.5 Å². The number of carbonyl (C=O) groups excluding carboxylic acids is 1. The monoisotopic (exact) mass is 250 g/mol. The van der Waals surface area contributed by atoms with Gasteiger partial charge in [-0.1, -0.05) is 13.0 Å². The third-order valence-electron chi connectivity index (χ3n) is 3.06. The molecule has 4 heteroatoms. The zero-order chi connectivity index (χ0) is 12.1. The predicted molar refractivity (Wildman–Crippen MR) is 72.0 cm³/mol. The van der Waals surface area contributed by atoms with E-state index in [0.717, 1.165) is 37.6 Å². The summed E-state index contributed by atoms with van der Waals surface area (Å²) in [5.41, 5.74) is 0. The van der Waals surface area contributed by atoms with Gasteiger partial charge < -0.3 is 9.80 Å². The van der Waals surface area contributed by atoms with E-state index in [2.05, 4.69) is 11.8 Å². The van der Waals surface area contributed by atoms with Gasteiger partial charge in [0.05, 0.1) is 0 Å². The Labute approximate surface area is 106 Å². The molecule has 92 valence electrons. The van der Waals surface area contributed by atoms with Crippen molar-refractivity contribution < 1.29 is 4.79 Å². The van der Waals surface area contributed by atoms with Crippen LogP contribution in [0.3, 0.4) is 0 Å². The molecule has 1 aliphatic heterocycles. The van der Waals surface area contributed by atoms with E-state index in [-0.39, 0.29) is 5.91 Å². The highest BCUT2D eigenvalue weighted by Crippen LogP contribution is 2.11. The molecular formula is C13H18N2OS. The van der Waals surface area contributed by atoms with Crippen LogP contribution >= 0.6 is 11.3 Å². The summed E-state index contributed by atoms with van der Waals surface area (Å²) in [6, 6.07) is 4.01. The van der Waals surface area contributed by atoms with Crippen molar-refractivity contribution in [2.45, 2.75) is 6.92 Å². The first-order chi connectivity index (χ1) is 8.29. The van der Waals surface area contributed by atoms with Crippen molar-refractivity contribution in [2.75, 3.05) is 32.7 Å². The van der Waals surface area contributed by atoms with Gasteiger partial charge in [-0.3, -0.25) is 4.79 Å². The summed E-state index contributed by atoms with van der Waals surface area (Å²) in [4.78, 5) is 17.3. The summed E-state index contributed by atoms with van der Waals surface area (Å²) in [5, 5.41) is 2.02. The normalized spacial score (nSPS) is 17.8. The Morgan fingerprint density at radius 3 is 2.76 bits per heavy atom. The van der Waals surface area contributed by atoms with Crippen molar-refractivity contribution in [3.8, 4) is 0 Å². The second-order valence-corrected chi connectivity index (χ2v) is 5.09. The van der Waals surface area contributed by atoms with Gasteiger partial charge >= 0.3 is 0 Å². The molecule has 0 spiro atoms. The zero-order valence-electron chi connectivity index (χ0n) is 10.1. The lowest BCUT2D eigenvalue weighted by atomic mass is 10.3. The Hall–Kier alpha value is -1.13. The molecule has 1 aliphatic rings. The van der Waals surface area contributed by atoms with Crippen molar-refractivity contribution in [1.29, 1.82) is 0 Å². The molecule has 0 atom stereocenters. The number of likely N-dealkylation sites (N-methyl/N-ethyl adjacent to an activating group) is 1. The molecule has 0 radical (unpaired) electrons. The highest BCUT2D eigenvalue weighted by Gasteiger charge is 2.17. The lowest BCUT2D eigenvalue weighted by Crippen LogP contribution is -2.48. The van der Waals surface area contributed by atoms with Gasteiger partial charge in [-0.25, -0.2) is 0 Å². The first kappa shape index (κ1) is 12.3. The lowest BCUT2D eigenvalue weighted by Gasteiger charge is -2.33. The van der Waals surface area contributed by atoms with Crippen LogP contribution in [-0.2, 0) is 4.79 Å². The summed E-state index contributed by atoms with van der Waals surface area (Å²) in [6.45, 7) is 6.92. The third kappa shape index (κ3) is 3.41. The van der Waals surface area contributed by atoms with Crippen LogP contribution in [0, 0.1) is 0 Å². The van der Waals surface area contributed by atoms with Gasteiger partial charge in [-0.2, -0.15) is 0 Å². The molecule has 1 aromatic rings. The fraction of sp³-hybridized carbons (Fsp3) is 0.462. The maximum atomic E-state index is 11.9. The molecule has 1 fully saturated rings. The van der Waals surface area contributed by atoms with Crippen molar-refractivity contribution in [3.63, 3.8) is 0 Å². The molecule has 0 aromatic carbocycles. The van der Waals surface area contributed by atoms with E-state index in [0.29, 0.717) is 0 Å². The molecular weight excluding hydrogens is 232 g/mol. The largest absolute Gasteiger partial charge is 0.337 e. The number of thiophene rings is 1. The molecule has 2 rings (SSSR count). The van der Waals surface area contributed by atoms with Crippen molar-refractivity contribution in [2.24, 2.45) is 0 Å². The van der Waals surface area contributed by atoms with Gasteiger partial charge in [-0.15, -0.1) is 11.3 Å². The molecule has 0 N–H and O–H groups in total. The second-order valence-electron chi connectivity index (χ2n) is 4.11. The first-order valence-corrected chi connectivity index (χ1v) is 6.90. The third-order valence-corrected chi connectivity index (χ3v) is 3.90. The van der Waals surface area contributed by atoms with E-state index in [1.54, 1.807) is 17.4 Å². The minimum Gasteiger partial charge on any atom is -0.337 e. The van der Waals surface area contributed by atoms with Gasteiger partial charge in [0, 0.05) is 37.1 Å². The molecule has 1 saturated heterocycles. The fourth-order valence-electron chi connectivity index (χ4n) is 1.93. The van der Waals surface area contributed by atoms with Crippen LogP contribution in [0.25, 0.3) is 6.08 Å². The van der Waals surface area contributed by atoms with Crippen LogP contribution in [0.5, 0.6) is 0 Å². The Morgan fingerprint density at radius 1 is 1.41 bits per heavy atom. The van der Waals surface area contributed by atoms with Crippen LogP contribution < -0.4 is 0 Å². The predicted octanol–water partition coefficient (Wildman–Crippen LogP) is 1.93. The average molecular weight is 250 g/mol. The Bertz CT molecular complexity index is 378. The maximum absolute atomic E-state index is 11.9. The Kier molecular flexibility index (Phi) is 4.34. The number of amides is 1. The van der Waals surface area contributed by atoms with Crippen LogP contribution in [0.2, 0.25) is 0 Å². The Morgan fingerprint density at radius 2 is 2.18 bits per heavy atom. The fourth-order valence-corrected chi connectivity index (χ4v) is 2.55. The van der Waals surface area contributed by atoms with E-state index >= 15 is 0 Å². The molecule has 1 aromatic heterocycles. The number of hydrogen-bond donors (Lipinski definition) is 0. The molecule has 17 heavy (non-hydrogen) atoms. The minimum absolute atomic E-state index is 0.133. The molecule has 1 amide bonds. The molecule has 2 heterocycles. The summed E-state index contributed by atoms with van der Waals surface area (Å²) in [5.74, 6) is 0.133. The van der Waals surface area contributed by atoms with Gasteiger partial charge in [0.1, 0.15) is 0 Å².